The van der Waals surface area contributed by atoms with Gasteiger partial charge in [-0.25, -0.2) is 0 Å². The van der Waals surface area contributed by atoms with Crippen molar-refractivity contribution in [1.82, 2.24) is 0 Å². The van der Waals surface area contributed by atoms with Crippen LogP contribution in [0.25, 0.3) is 153 Å². The SMILES string of the molecule is [2H]c1c([2H])c([2H])c(-c2c([2H])c([2H])c(N(c3c([2H])c([2H])c(-c4c([2H])c([2H])c5c(c4[2H])c([2H])c([2H])c4c([2H])c([2H])c([2H])c([2H])c45)c([2H])c3[2H])c3c([2H])c4c(oc5c([2H])c([2H])c([2H])c([2H])c54)c4c([2H])c([2H])c([2H])c([2H])c34)c([2H])c2[2H])c([2H])c1[2H].[2H]c1c([2H])c([2H])c(-c2ccc(N(c3ccc(-c4cc5ccccc5c5ccccc45)cc3)c3cc4c5ccccc5oc4c4ccccc34)cc2)c([2H])c1[2H]. The summed E-state index contributed by atoms with van der Waals surface area (Å²) in [5.41, 5.74) is -0.927. The van der Waals surface area contributed by atoms with Gasteiger partial charge in [-0.2, -0.15) is 0 Å². The first-order valence-electron chi connectivity index (χ1n) is 49.3. The third-order valence-electron chi connectivity index (χ3n) is 17.4. The summed E-state index contributed by atoms with van der Waals surface area (Å²) in [6, 6.07) is 21.2. The summed E-state index contributed by atoms with van der Waals surface area (Å²) < 4.78 is 333. The number of nitrogens with zero attached hydrogens (tertiary/aromatic N) is 2. The molecule has 20 rings (SSSR count). The quantitative estimate of drug-likeness (QED) is 0.128. The van der Waals surface area contributed by atoms with E-state index in [0.29, 0.717) is 10.5 Å². The first-order valence-corrected chi connectivity index (χ1v) is 31.3. The molecule has 0 saturated carbocycles. The molecule has 18 aromatic carbocycles. The van der Waals surface area contributed by atoms with Gasteiger partial charge in [0.05, 0.1) is 60.7 Å². The van der Waals surface area contributed by atoms with Gasteiger partial charge in [0.2, 0.25) is 0 Å². The Bertz CT molecular complexity index is 8710. The molecule has 4 nitrogen and oxygen atoms in total. The van der Waals surface area contributed by atoms with Gasteiger partial charge in [0.15, 0.2) is 0 Å². The number of anilines is 6. The Morgan fingerprint density at radius 3 is 1.43 bits per heavy atom. The maximum Gasteiger partial charge on any atom is 0.143 e. The number of furan rings is 2. The molecule has 4 heteroatoms. The highest BCUT2D eigenvalue weighted by Gasteiger charge is 2.24. The van der Waals surface area contributed by atoms with E-state index in [1.54, 1.807) is 0 Å². The highest BCUT2D eigenvalue weighted by molar-refractivity contribution is 6.22. The van der Waals surface area contributed by atoms with E-state index >= 15 is 0 Å². The normalized spacial score (nSPS) is 16.6. The van der Waals surface area contributed by atoms with Gasteiger partial charge in [-0.05, 0) is 172 Å². The summed E-state index contributed by atoms with van der Waals surface area (Å²) in [5, 5.41) is 3.78. The minimum atomic E-state index is -1.31. The molecule has 0 bridgehead atoms. The maximum atomic E-state index is 10.0. The molecular formula is C96H62N2O2. The van der Waals surface area contributed by atoms with Gasteiger partial charge in [0, 0.05) is 65.8 Å². The first kappa shape index (κ1) is 32.2. The Morgan fingerprint density at radius 2 is 0.710 bits per heavy atom. The molecule has 2 heterocycles. The molecule has 20 aromatic rings. The van der Waals surface area contributed by atoms with Crippen LogP contribution in [0.4, 0.5) is 34.1 Å². The van der Waals surface area contributed by atoms with E-state index in [9.17, 15) is 19.2 Å². The van der Waals surface area contributed by atoms with Crippen molar-refractivity contribution in [2.45, 2.75) is 0 Å². The Morgan fingerprint density at radius 1 is 0.220 bits per heavy atom. The summed E-state index contributed by atoms with van der Waals surface area (Å²) >= 11 is 0. The van der Waals surface area contributed by atoms with Crippen LogP contribution in [0, 0.1) is 0 Å². The molecule has 100 heavy (non-hydrogen) atoms. The Labute approximate surface area is 628 Å². The lowest BCUT2D eigenvalue weighted by Crippen LogP contribution is -2.10. The van der Waals surface area contributed by atoms with Gasteiger partial charge in [-0.3, -0.25) is 0 Å². The third-order valence-corrected chi connectivity index (χ3v) is 17.4. The smallest absolute Gasteiger partial charge is 0.143 e. The second-order valence-electron chi connectivity index (χ2n) is 23.1. The third kappa shape index (κ3) is 10.2. The van der Waals surface area contributed by atoms with Crippen molar-refractivity contribution in [3.63, 3.8) is 0 Å². The predicted molar refractivity (Wildman–Crippen MR) is 424 cm³/mol. The zero-order valence-corrected chi connectivity index (χ0v) is 51.7. The minimum absolute atomic E-state index is 0.174. The maximum absolute atomic E-state index is 10.0. The van der Waals surface area contributed by atoms with Crippen molar-refractivity contribution >= 4 is 143 Å². The fourth-order valence-electron chi connectivity index (χ4n) is 12.8. The topological polar surface area (TPSA) is 32.8 Å². The van der Waals surface area contributed by atoms with E-state index in [4.69, 9.17) is 39.0 Å². The first-order chi connectivity index (χ1) is 64.6. The van der Waals surface area contributed by atoms with Gasteiger partial charge in [-0.1, -0.05) is 290 Å². The van der Waals surface area contributed by atoms with Crippen LogP contribution in [0.15, 0.2) is 384 Å². The molecule has 0 aliphatic carbocycles. The van der Waals surface area contributed by atoms with Crippen molar-refractivity contribution < 1.29 is 58.2 Å². The number of para-hydroxylation sites is 2. The Kier molecular flexibility index (Phi) is 7.86. The van der Waals surface area contributed by atoms with Crippen molar-refractivity contribution in [3.8, 4) is 44.5 Å². The molecule has 0 radical (unpaired) electrons. The van der Waals surface area contributed by atoms with Crippen LogP contribution in [-0.2, 0) is 0 Å². The zero-order valence-electron chi connectivity index (χ0n) is 87.7. The number of rotatable bonds is 10. The van der Waals surface area contributed by atoms with E-state index in [-0.39, 0.29) is 29.7 Å². The number of fused-ring (bicyclic) bond motifs is 16. The number of benzene rings is 18. The van der Waals surface area contributed by atoms with E-state index in [2.05, 4.69) is 108 Å². The zero-order chi connectivity index (χ0) is 97.4. The highest BCUT2D eigenvalue weighted by atomic mass is 16.3. The van der Waals surface area contributed by atoms with Gasteiger partial charge in [0.1, 0.15) is 22.3 Å². The van der Waals surface area contributed by atoms with Crippen LogP contribution in [0.2, 0.25) is 0 Å². The van der Waals surface area contributed by atoms with Gasteiger partial charge < -0.3 is 18.6 Å². The molecular weight excluding hydrogens is 1210 g/mol. The van der Waals surface area contributed by atoms with Gasteiger partial charge in [-0.15, -0.1) is 0 Å². The lowest BCUT2D eigenvalue weighted by molar-refractivity contribution is 0.672. The van der Waals surface area contributed by atoms with E-state index in [1.165, 1.54) is 21.5 Å². The molecule has 0 amide bonds. The summed E-state index contributed by atoms with van der Waals surface area (Å²) in [6.07, 6.45) is 0. The molecule has 468 valence electrons. The van der Waals surface area contributed by atoms with Crippen LogP contribution in [0.3, 0.4) is 0 Å². The molecule has 0 aliphatic heterocycles. The average molecular weight is 1310 g/mol. The van der Waals surface area contributed by atoms with Crippen molar-refractivity contribution in [1.29, 1.82) is 0 Å². The molecule has 0 fully saturated rings. The number of hydrogen-bond donors (Lipinski definition) is 0. The lowest BCUT2D eigenvalue weighted by Gasteiger charge is -2.27. The fourth-order valence-corrected chi connectivity index (χ4v) is 12.8. The molecule has 0 spiro atoms. The summed E-state index contributed by atoms with van der Waals surface area (Å²) in [6.45, 7) is 0. The highest BCUT2D eigenvalue weighted by Crippen LogP contribution is 2.48. The summed E-state index contributed by atoms with van der Waals surface area (Å²) in [5.74, 6) is 0. The monoisotopic (exact) mass is 1310 g/mol. The van der Waals surface area contributed by atoms with Crippen molar-refractivity contribution in [3.05, 3.63) is 375 Å². The van der Waals surface area contributed by atoms with Crippen LogP contribution >= 0.6 is 0 Å². The second-order valence-corrected chi connectivity index (χ2v) is 23.1. The average Bonchev–Trinajstić information content (AvgIpc) is 1.51. The Hall–Kier alpha value is -13.3. The predicted octanol–water partition coefficient (Wildman–Crippen LogP) is 27.7. The van der Waals surface area contributed by atoms with Crippen LogP contribution in [-0.4, -0.2) is 0 Å². The lowest BCUT2D eigenvalue weighted by atomic mass is 9.93. The molecule has 0 saturated heterocycles. The fraction of sp³-hybridized carbons (Fsp3) is 0. The Balaban J connectivity index is 0.000000187. The van der Waals surface area contributed by atoms with Crippen LogP contribution < -0.4 is 9.80 Å². The van der Waals surface area contributed by atoms with Crippen molar-refractivity contribution in [2.75, 3.05) is 9.80 Å². The number of hydrogen-bond acceptors (Lipinski definition) is 4. The molecule has 0 unspecified atom stereocenters. The van der Waals surface area contributed by atoms with E-state index in [0.717, 1.165) is 60.9 Å². The molecule has 2 aromatic heterocycles. The minimum Gasteiger partial charge on any atom is -0.455 e. The van der Waals surface area contributed by atoms with Gasteiger partial charge in [0.25, 0.3) is 0 Å². The molecule has 0 N–H and O–H groups in total. The van der Waals surface area contributed by atoms with Crippen LogP contribution in [0.1, 0.15) is 49.3 Å². The van der Waals surface area contributed by atoms with Crippen LogP contribution in [0.5, 0.6) is 0 Å². The van der Waals surface area contributed by atoms with Crippen molar-refractivity contribution in [2.24, 2.45) is 0 Å². The summed E-state index contributed by atoms with van der Waals surface area (Å²) in [7, 11) is 0. The van der Waals surface area contributed by atoms with E-state index < -0.39 is 287 Å². The van der Waals surface area contributed by atoms with E-state index in [1.807, 2.05) is 54.6 Å². The summed E-state index contributed by atoms with van der Waals surface area (Å²) in [4.78, 5) is 2.61. The molecule has 0 atom stereocenters. The molecule has 0 aliphatic rings. The van der Waals surface area contributed by atoms with Gasteiger partial charge >= 0.3 is 0 Å². The largest absolute Gasteiger partial charge is 0.455 e. The second kappa shape index (κ2) is 24.4. The standard InChI is InChI=1S/2C48H31NO/c1-2-12-32(13-3-1)33-22-26-36(27-23-33)49(46-31-45-42-19-10-11-21-47(42)50-48(45)43-20-9-8-18-41(43)46)37-28-24-34(25-29-37)44-30-35-14-4-5-15-38(35)39-16-6-7-17-40(39)44;1-2-10-32(11-3-1)33-20-25-38(26-21-33)49(46-31-45-43-15-8-9-17-47(43)50-48(45)44-16-7-6-14-42(44)46)39-27-22-34(23-28-39)36-24-29-41-37(30-36)19-18-35-12-4-5-13-40(35)41/h2*1-31H/i1D,2D,3D,12D,13D;1D,2D,3D,4D,5D,6D,7D,8D,9D,10D,11D,12D,13D,14D,15D,16D,17D,18D,19D,20D,21D,22D,23D,24D,25D,26D,27D,28D,29D,30D,31D.